The van der Waals surface area contributed by atoms with Crippen molar-refractivity contribution < 1.29 is 9.53 Å². The van der Waals surface area contributed by atoms with E-state index in [0.717, 1.165) is 17.1 Å². The molecule has 0 aromatic heterocycles. The number of rotatable bonds is 5. The molecule has 0 fully saturated rings. The van der Waals surface area contributed by atoms with Crippen molar-refractivity contribution in [2.24, 2.45) is 0 Å². The Morgan fingerprint density at radius 2 is 1.42 bits per heavy atom. The smallest absolute Gasteiger partial charge is 0.185 e. The summed E-state index contributed by atoms with van der Waals surface area (Å²) in [7, 11) is 0. The van der Waals surface area contributed by atoms with E-state index in [9.17, 15) is 4.79 Å². The normalized spacial score (nSPS) is 10.7. The third-order valence-electron chi connectivity index (χ3n) is 3.41. The largest absolute Gasteiger partial charge is 0.457 e. The Hall–Kier alpha value is -2.84. The van der Waals surface area contributed by atoms with Crippen molar-refractivity contribution in [2.75, 3.05) is 0 Å². The standard InChI is InChI=1S/C21H15ClO2/c22-18-11-9-17(10-12-18)21(23)15-8-16-6-13-20(14-7-16)24-19-4-2-1-3-5-19/h1-15H/b15-8+. The Bertz CT molecular complexity index is 835. The maximum absolute atomic E-state index is 12.1. The van der Waals surface area contributed by atoms with E-state index < -0.39 is 0 Å². The Kier molecular flexibility index (Phi) is 5.09. The summed E-state index contributed by atoms with van der Waals surface area (Å²) < 4.78 is 5.74. The lowest BCUT2D eigenvalue weighted by Gasteiger charge is -2.05. The van der Waals surface area contributed by atoms with Crippen molar-refractivity contribution in [1.29, 1.82) is 0 Å². The molecule has 24 heavy (non-hydrogen) atoms. The van der Waals surface area contributed by atoms with E-state index in [1.54, 1.807) is 36.4 Å². The minimum Gasteiger partial charge on any atom is -0.457 e. The summed E-state index contributed by atoms with van der Waals surface area (Å²) in [6, 6.07) is 24.0. The second-order valence-electron chi connectivity index (χ2n) is 5.19. The zero-order valence-electron chi connectivity index (χ0n) is 12.9. The molecule has 2 nitrogen and oxygen atoms in total. The molecular formula is C21H15ClO2. The van der Waals surface area contributed by atoms with Crippen molar-refractivity contribution in [3.8, 4) is 11.5 Å². The first-order chi connectivity index (χ1) is 11.7. The number of para-hydroxylation sites is 1. The first-order valence-corrected chi connectivity index (χ1v) is 7.89. The lowest BCUT2D eigenvalue weighted by Crippen LogP contribution is -1.93. The Morgan fingerprint density at radius 3 is 2.08 bits per heavy atom. The van der Waals surface area contributed by atoms with Gasteiger partial charge in [-0.25, -0.2) is 0 Å². The molecule has 3 rings (SSSR count). The highest BCUT2D eigenvalue weighted by Crippen LogP contribution is 2.21. The van der Waals surface area contributed by atoms with Crippen LogP contribution in [0.4, 0.5) is 0 Å². The first kappa shape index (κ1) is 16.0. The van der Waals surface area contributed by atoms with Gasteiger partial charge in [0.25, 0.3) is 0 Å². The first-order valence-electron chi connectivity index (χ1n) is 7.52. The second kappa shape index (κ2) is 7.62. The zero-order chi connectivity index (χ0) is 16.8. The van der Waals surface area contributed by atoms with Gasteiger partial charge in [-0.15, -0.1) is 0 Å². The monoisotopic (exact) mass is 334 g/mol. The van der Waals surface area contributed by atoms with Crippen LogP contribution >= 0.6 is 11.6 Å². The molecule has 0 heterocycles. The molecular weight excluding hydrogens is 320 g/mol. The molecule has 0 aliphatic rings. The molecule has 0 amide bonds. The molecule has 0 atom stereocenters. The van der Waals surface area contributed by atoms with Gasteiger partial charge in [0.1, 0.15) is 11.5 Å². The number of hydrogen-bond acceptors (Lipinski definition) is 2. The summed E-state index contributed by atoms with van der Waals surface area (Å²) in [5.74, 6) is 1.48. The van der Waals surface area contributed by atoms with Gasteiger partial charge in [0, 0.05) is 10.6 Å². The predicted molar refractivity (Wildman–Crippen MR) is 97.8 cm³/mol. The van der Waals surface area contributed by atoms with E-state index in [2.05, 4.69) is 0 Å². The Labute approximate surface area is 146 Å². The van der Waals surface area contributed by atoms with Gasteiger partial charge in [-0.2, -0.15) is 0 Å². The molecule has 0 saturated carbocycles. The highest BCUT2D eigenvalue weighted by atomic mass is 35.5. The molecule has 0 aliphatic carbocycles. The van der Waals surface area contributed by atoms with Crippen LogP contribution in [-0.2, 0) is 0 Å². The fraction of sp³-hybridized carbons (Fsp3) is 0. The summed E-state index contributed by atoms with van der Waals surface area (Å²) in [5, 5.41) is 0.615. The molecule has 0 radical (unpaired) electrons. The van der Waals surface area contributed by atoms with Crippen LogP contribution in [0.3, 0.4) is 0 Å². The van der Waals surface area contributed by atoms with Gasteiger partial charge in [0.2, 0.25) is 0 Å². The van der Waals surface area contributed by atoms with Gasteiger partial charge in [-0.05, 0) is 60.2 Å². The summed E-state index contributed by atoms with van der Waals surface area (Å²) in [6.07, 6.45) is 3.33. The topological polar surface area (TPSA) is 26.3 Å². The molecule has 118 valence electrons. The van der Waals surface area contributed by atoms with Crippen LogP contribution in [0.5, 0.6) is 11.5 Å². The molecule has 0 aliphatic heterocycles. The minimum atomic E-state index is -0.0590. The summed E-state index contributed by atoms with van der Waals surface area (Å²) in [5.41, 5.74) is 1.54. The van der Waals surface area contributed by atoms with Crippen LogP contribution in [0, 0.1) is 0 Å². The van der Waals surface area contributed by atoms with Crippen molar-refractivity contribution in [3.05, 3.63) is 101 Å². The van der Waals surface area contributed by atoms with E-state index in [0.29, 0.717) is 10.6 Å². The highest BCUT2D eigenvalue weighted by Gasteiger charge is 2.01. The van der Waals surface area contributed by atoms with Crippen molar-refractivity contribution in [3.63, 3.8) is 0 Å². The summed E-state index contributed by atoms with van der Waals surface area (Å²) in [6.45, 7) is 0. The summed E-state index contributed by atoms with van der Waals surface area (Å²) >= 11 is 5.82. The van der Waals surface area contributed by atoms with Crippen LogP contribution in [0.25, 0.3) is 6.08 Å². The third kappa shape index (κ3) is 4.34. The highest BCUT2D eigenvalue weighted by molar-refractivity contribution is 6.30. The van der Waals surface area contributed by atoms with Crippen molar-refractivity contribution in [2.45, 2.75) is 0 Å². The van der Waals surface area contributed by atoms with Crippen molar-refractivity contribution in [1.82, 2.24) is 0 Å². The molecule has 0 saturated heterocycles. The lowest BCUT2D eigenvalue weighted by atomic mass is 10.1. The number of hydrogen-bond donors (Lipinski definition) is 0. The van der Waals surface area contributed by atoms with Crippen LogP contribution in [0.2, 0.25) is 5.02 Å². The average molecular weight is 335 g/mol. The second-order valence-corrected chi connectivity index (χ2v) is 5.63. The Balaban J connectivity index is 1.65. The van der Waals surface area contributed by atoms with Crippen LogP contribution in [0.1, 0.15) is 15.9 Å². The molecule has 0 bridgehead atoms. The molecule has 3 aromatic rings. The van der Waals surface area contributed by atoms with Crippen LogP contribution < -0.4 is 4.74 Å². The van der Waals surface area contributed by atoms with Gasteiger partial charge in [0.15, 0.2) is 5.78 Å². The molecule has 0 unspecified atom stereocenters. The van der Waals surface area contributed by atoms with Gasteiger partial charge in [-0.1, -0.05) is 48.0 Å². The SMILES string of the molecule is O=C(/C=C/c1ccc(Oc2ccccc2)cc1)c1ccc(Cl)cc1. The van der Waals surface area contributed by atoms with Crippen LogP contribution in [0.15, 0.2) is 84.9 Å². The van der Waals surface area contributed by atoms with Gasteiger partial charge in [-0.3, -0.25) is 4.79 Å². The molecule has 3 heteroatoms. The number of halogens is 1. The minimum absolute atomic E-state index is 0.0590. The Morgan fingerprint density at radius 1 is 0.792 bits per heavy atom. The number of benzene rings is 3. The van der Waals surface area contributed by atoms with E-state index in [-0.39, 0.29) is 5.78 Å². The van der Waals surface area contributed by atoms with Gasteiger partial charge < -0.3 is 4.74 Å². The molecule has 0 N–H and O–H groups in total. The number of ketones is 1. The molecule has 0 spiro atoms. The van der Waals surface area contributed by atoms with Crippen molar-refractivity contribution >= 4 is 23.5 Å². The fourth-order valence-corrected chi connectivity index (χ4v) is 2.28. The summed E-state index contributed by atoms with van der Waals surface area (Å²) in [4.78, 5) is 12.1. The predicted octanol–water partition coefficient (Wildman–Crippen LogP) is 6.03. The number of carbonyl (C=O) groups excluding carboxylic acids is 1. The third-order valence-corrected chi connectivity index (χ3v) is 3.67. The quantitative estimate of drug-likeness (QED) is 0.420. The van der Waals surface area contributed by atoms with Gasteiger partial charge >= 0.3 is 0 Å². The van der Waals surface area contributed by atoms with Gasteiger partial charge in [0.05, 0.1) is 0 Å². The maximum Gasteiger partial charge on any atom is 0.185 e. The number of allylic oxidation sites excluding steroid dienone is 1. The number of carbonyl (C=O) groups is 1. The van der Waals surface area contributed by atoms with E-state index in [4.69, 9.17) is 16.3 Å². The van der Waals surface area contributed by atoms with E-state index >= 15 is 0 Å². The fourth-order valence-electron chi connectivity index (χ4n) is 2.15. The van der Waals surface area contributed by atoms with E-state index in [1.165, 1.54) is 0 Å². The molecule has 3 aromatic carbocycles. The maximum atomic E-state index is 12.1. The van der Waals surface area contributed by atoms with E-state index in [1.807, 2.05) is 54.6 Å². The lowest BCUT2D eigenvalue weighted by molar-refractivity contribution is 0.104. The number of ether oxygens (including phenoxy) is 1. The zero-order valence-corrected chi connectivity index (χ0v) is 13.6. The average Bonchev–Trinajstić information content (AvgIpc) is 2.62. The van der Waals surface area contributed by atoms with Crippen LogP contribution in [-0.4, -0.2) is 5.78 Å².